The number of methoxy groups -OCH3 is 2. The normalized spacial score (nSPS) is 13.1. The van der Waals surface area contributed by atoms with Gasteiger partial charge in [0, 0.05) is 28.1 Å². The van der Waals surface area contributed by atoms with E-state index >= 15 is 0 Å². The zero-order valence-electron chi connectivity index (χ0n) is 19.6. The van der Waals surface area contributed by atoms with Crippen LogP contribution in [0.2, 0.25) is 0 Å². The summed E-state index contributed by atoms with van der Waals surface area (Å²) in [5.41, 5.74) is 3.03. The molecule has 10 heteroatoms. The number of fused-ring (bicyclic) bond motifs is 1. The van der Waals surface area contributed by atoms with Gasteiger partial charge in [0.05, 0.1) is 19.9 Å². The Bertz CT molecular complexity index is 1440. The lowest BCUT2D eigenvalue weighted by Gasteiger charge is -2.22. The minimum absolute atomic E-state index is 0.0279. The van der Waals surface area contributed by atoms with E-state index in [1.165, 1.54) is 30.7 Å². The van der Waals surface area contributed by atoms with E-state index in [0.29, 0.717) is 30.8 Å². The third-order valence-electron chi connectivity index (χ3n) is 5.78. The average Bonchev–Trinajstić information content (AvgIpc) is 3.31. The Hall–Kier alpha value is -2.82. The summed E-state index contributed by atoms with van der Waals surface area (Å²) >= 11 is 6.89. The second kappa shape index (κ2) is 11.1. The van der Waals surface area contributed by atoms with Crippen LogP contribution in [-0.2, 0) is 27.8 Å². The smallest absolute Gasteiger partial charge is 0.268 e. The summed E-state index contributed by atoms with van der Waals surface area (Å²) < 4.78 is 41.5. The van der Waals surface area contributed by atoms with Crippen molar-refractivity contribution in [2.24, 2.45) is 0 Å². The van der Waals surface area contributed by atoms with Gasteiger partial charge in [-0.05, 0) is 59.5 Å². The van der Waals surface area contributed by atoms with Crippen molar-refractivity contribution < 1.29 is 22.7 Å². The Kier molecular flexibility index (Phi) is 8.07. The van der Waals surface area contributed by atoms with Gasteiger partial charge in [-0.25, -0.2) is 8.42 Å². The molecule has 0 bridgehead atoms. The van der Waals surface area contributed by atoms with Gasteiger partial charge in [0.1, 0.15) is 4.90 Å². The molecule has 0 atom stereocenters. The van der Waals surface area contributed by atoms with Crippen molar-refractivity contribution >= 4 is 59.6 Å². The van der Waals surface area contributed by atoms with E-state index in [-0.39, 0.29) is 22.3 Å². The van der Waals surface area contributed by atoms with Gasteiger partial charge in [-0.2, -0.15) is 0 Å². The highest BCUT2D eigenvalue weighted by Gasteiger charge is 2.34. The molecule has 7 nitrogen and oxygen atoms in total. The second-order valence-electron chi connectivity index (χ2n) is 8.00. The molecule has 3 aromatic carbocycles. The maximum absolute atomic E-state index is 13.7. The van der Waals surface area contributed by atoms with Crippen molar-refractivity contribution in [3.63, 3.8) is 0 Å². The molecule has 0 unspecified atom stereocenters. The van der Waals surface area contributed by atoms with Crippen LogP contribution in [0, 0.1) is 0 Å². The quantitative estimate of drug-likeness (QED) is 0.339. The summed E-state index contributed by atoms with van der Waals surface area (Å²) in [6, 6.07) is 16.3. The number of rotatable bonds is 8. The van der Waals surface area contributed by atoms with Crippen molar-refractivity contribution in [2.75, 3.05) is 25.1 Å². The minimum atomic E-state index is -3.96. The molecular formula is C26H24Br2N2O5S. The van der Waals surface area contributed by atoms with E-state index in [2.05, 4.69) is 37.2 Å². The highest BCUT2D eigenvalue weighted by molar-refractivity contribution is 9.11. The van der Waals surface area contributed by atoms with Crippen LogP contribution in [0.5, 0.6) is 11.5 Å². The maximum atomic E-state index is 13.7. The number of benzene rings is 3. The summed E-state index contributed by atoms with van der Waals surface area (Å²) in [5.74, 6) is 0.0472. The lowest BCUT2D eigenvalue weighted by Crippen LogP contribution is -2.29. The number of carbonyl (C=O) groups is 1. The van der Waals surface area contributed by atoms with Crippen LogP contribution < -0.4 is 19.1 Å². The van der Waals surface area contributed by atoms with Gasteiger partial charge in [-0.3, -0.25) is 9.10 Å². The number of ether oxygens (including phenoxy) is 2. The van der Waals surface area contributed by atoms with Gasteiger partial charge in [0.25, 0.3) is 10.0 Å². The lowest BCUT2D eigenvalue weighted by atomic mass is 10.2. The van der Waals surface area contributed by atoms with E-state index < -0.39 is 10.0 Å². The first-order valence-corrected chi connectivity index (χ1v) is 14.0. The Balaban J connectivity index is 1.61. The van der Waals surface area contributed by atoms with Crippen molar-refractivity contribution in [2.45, 2.75) is 17.9 Å². The summed E-state index contributed by atoms with van der Waals surface area (Å²) in [5, 5.41) is 2.83. The molecule has 36 heavy (non-hydrogen) atoms. The van der Waals surface area contributed by atoms with Gasteiger partial charge >= 0.3 is 0 Å². The number of anilines is 1. The molecule has 0 aliphatic carbocycles. The summed E-state index contributed by atoms with van der Waals surface area (Å²) in [4.78, 5) is 12.4. The van der Waals surface area contributed by atoms with Crippen LogP contribution in [0.15, 0.2) is 74.5 Å². The Labute approximate surface area is 227 Å². The second-order valence-corrected chi connectivity index (χ2v) is 11.6. The molecule has 1 aliphatic rings. The van der Waals surface area contributed by atoms with Crippen molar-refractivity contribution in [1.82, 2.24) is 5.32 Å². The van der Waals surface area contributed by atoms with E-state index in [0.717, 1.165) is 20.1 Å². The molecule has 1 N–H and O–H groups in total. The van der Waals surface area contributed by atoms with Crippen LogP contribution in [-0.4, -0.2) is 35.1 Å². The average molecular weight is 636 g/mol. The Morgan fingerprint density at radius 1 is 1.08 bits per heavy atom. The largest absolute Gasteiger partial charge is 0.493 e. The third kappa shape index (κ3) is 5.45. The molecule has 0 saturated carbocycles. The molecule has 1 aliphatic heterocycles. The van der Waals surface area contributed by atoms with E-state index in [9.17, 15) is 13.2 Å². The zero-order chi connectivity index (χ0) is 25.9. The van der Waals surface area contributed by atoms with Crippen molar-refractivity contribution in [3.8, 4) is 11.5 Å². The maximum Gasteiger partial charge on any atom is 0.268 e. The first-order valence-electron chi connectivity index (χ1n) is 11.0. The molecule has 188 valence electrons. The molecule has 0 spiro atoms. The highest BCUT2D eigenvalue weighted by atomic mass is 79.9. The van der Waals surface area contributed by atoms with Gasteiger partial charge in [-0.1, -0.05) is 56.1 Å². The van der Waals surface area contributed by atoms with Crippen LogP contribution >= 0.6 is 31.9 Å². The lowest BCUT2D eigenvalue weighted by molar-refractivity contribution is -0.116. The van der Waals surface area contributed by atoms with Gasteiger partial charge in [0.2, 0.25) is 5.91 Å². The minimum Gasteiger partial charge on any atom is -0.493 e. The molecule has 0 aromatic heterocycles. The molecule has 0 radical (unpaired) electrons. The number of amides is 1. The number of para-hydroxylation sites is 1. The van der Waals surface area contributed by atoms with E-state index in [1.807, 2.05) is 36.4 Å². The third-order valence-corrected chi connectivity index (χ3v) is 8.83. The molecule has 1 amide bonds. The number of sulfonamides is 1. The van der Waals surface area contributed by atoms with E-state index in [1.54, 1.807) is 18.2 Å². The number of hydrogen-bond donors (Lipinski definition) is 1. The zero-order valence-corrected chi connectivity index (χ0v) is 23.6. The topological polar surface area (TPSA) is 84.9 Å². The SMILES string of the molecule is COc1cc(/C=C/C(=O)NCc2ccc(Br)cc2Br)cc(S(=O)(=O)N2CCc3ccccc32)c1OC. The van der Waals surface area contributed by atoms with E-state index in [4.69, 9.17) is 9.47 Å². The van der Waals surface area contributed by atoms with Crippen LogP contribution in [0.1, 0.15) is 16.7 Å². The molecule has 4 rings (SSSR count). The number of hydrogen-bond acceptors (Lipinski definition) is 5. The van der Waals surface area contributed by atoms with Gasteiger partial charge < -0.3 is 14.8 Å². The van der Waals surface area contributed by atoms with Gasteiger partial charge in [0.15, 0.2) is 11.5 Å². The molecular weight excluding hydrogens is 612 g/mol. The summed E-state index contributed by atoms with van der Waals surface area (Å²) in [6.07, 6.45) is 3.53. The Morgan fingerprint density at radius 2 is 1.86 bits per heavy atom. The first-order chi connectivity index (χ1) is 17.2. The molecule has 3 aromatic rings. The fraction of sp³-hybridized carbons (Fsp3) is 0.192. The van der Waals surface area contributed by atoms with Crippen molar-refractivity contribution in [3.05, 3.63) is 86.3 Å². The fourth-order valence-corrected chi connectivity index (χ4v) is 6.89. The molecule has 0 saturated heterocycles. The number of nitrogens with one attached hydrogen (secondary N) is 1. The predicted octanol–water partition coefficient (Wildman–Crippen LogP) is 5.31. The standard InChI is InChI=1S/C26H24Br2N2O5S/c1-34-23-13-17(7-10-25(31)29-16-19-8-9-20(27)15-21(19)28)14-24(26(23)35-2)36(32,33)30-12-11-18-5-3-4-6-22(18)30/h3-10,13-15H,11-12,16H2,1-2H3,(H,29,31)/b10-7+. The number of carbonyl (C=O) groups excluding carboxylic acids is 1. The Morgan fingerprint density at radius 3 is 2.58 bits per heavy atom. The van der Waals surface area contributed by atoms with Crippen LogP contribution in [0.4, 0.5) is 5.69 Å². The van der Waals surface area contributed by atoms with Crippen LogP contribution in [0.3, 0.4) is 0 Å². The summed E-state index contributed by atoms with van der Waals surface area (Å²) in [6.45, 7) is 0.665. The van der Waals surface area contributed by atoms with Gasteiger partial charge in [-0.15, -0.1) is 0 Å². The number of halogens is 2. The first kappa shape index (κ1) is 26.2. The molecule has 1 heterocycles. The summed E-state index contributed by atoms with van der Waals surface area (Å²) in [7, 11) is -1.12. The highest BCUT2D eigenvalue weighted by Crippen LogP contribution is 2.40. The van der Waals surface area contributed by atoms with Crippen molar-refractivity contribution in [1.29, 1.82) is 0 Å². The molecule has 0 fully saturated rings. The number of nitrogens with zero attached hydrogens (tertiary/aromatic N) is 1. The monoisotopic (exact) mass is 634 g/mol. The van der Waals surface area contributed by atoms with Crippen LogP contribution in [0.25, 0.3) is 6.08 Å². The fourth-order valence-electron chi connectivity index (χ4n) is 3.99. The predicted molar refractivity (Wildman–Crippen MR) is 147 cm³/mol.